The van der Waals surface area contributed by atoms with Crippen LogP contribution in [0.15, 0.2) is 30.9 Å². The fourth-order valence-corrected chi connectivity index (χ4v) is 2.21. The van der Waals surface area contributed by atoms with E-state index in [0.29, 0.717) is 0 Å². The van der Waals surface area contributed by atoms with E-state index in [1.165, 1.54) is 17.7 Å². The van der Waals surface area contributed by atoms with E-state index in [1.54, 1.807) is 0 Å². The summed E-state index contributed by atoms with van der Waals surface area (Å²) < 4.78 is 0. The molecule has 1 aromatic rings. The minimum atomic E-state index is 0. The Kier molecular flexibility index (Phi) is 4.69. The van der Waals surface area contributed by atoms with Gasteiger partial charge in [0.05, 0.1) is 0 Å². The zero-order valence-electron chi connectivity index (χ0n) is 9.48. The summed E-state index contributed by atoms with van der Waals surface area (Å²) in [6.45, 7) is 5.97. The summed E-state index contributed by atoms with van der Waals surface area (Å²) in [4.78, 5) is 2.41. The van der Waals surface area contributed by atoms with Crippen molar-refractivity contribution in [3.05, 3.63) is 36.4 Å². The van der Waals surface area contributed by atoms with Crippen molar-refractivity contribution in [2.75, 3.05) is 23.7 Å². The molecule has 1 aliphatic heterocycles. The topological polar surface area (TPSA) is 29.3 Å². The van der Waals surface area contributed by atoms with Crippen LogP contribution in [0.25, 0.3) is 0 Å². The highest BCUT2D eigenvalue weighted by atomic mass is 35.5. The molecule has 1 aromatic carbocycles. The monoisotopic (exact) mass is 238 g/mol. The maximum atomic E-state index is 5.99. The minimum Gasteiger partial charge on any atom is -0.398 e. The molecule has 2 rings (SSSR count). The van der Waals surface area contributed by atoms with Crippen molar-refractivity contribution in [1.29, 1.82) is 0 Å². The number of rotatable bonds is 3. The van der Waals surface area contributed by atoms with Gasteiger partial charge in [-0.05, 0) is 37.0 Å². The number of nitrogens with two attached hydrogens (primary N) is 1. The Bertz CT molecular complexity index is 363. The summed E-state index contributed by atoms with van der Waals surface area (Å²) in [6.07, 6.45) is 5.33. The van der Waals surface area contributed by atoms with Gasteiger partial charge in [-0.25, -0.2) is 0 Å². The first-order chi connectivity index (χ1) is 7.33. The molecule has 0 unspecified atom stereocenters. The van der Waals surface area contributed by atoms with E-state index in [-0.39, 0.29) is 12.4 Å². The van der Waals surface area contributed by atoms with Crippen LogP contribution in [0.3, 0.4) is 0 Å². The SMILES string of the molecule is C=CCCN1CCCc2c(N)cccc21.Cl. The number of hydrogen-bond donors (Lipinski definition) is 1. The molecule has 0 bridgehead atoms. The van der Waals surface area contributed by atoms with Crippen LogP contribution in [0.2, 0.25) is 0 Å². The molecule has 2 nitrogen and oxygen atoms in total. The van der Waals surface area contributed by atoms with Crippen LogP contribution in [0.1, 0.15) is 18.4 Å². The first-order valence-electron chi connectivity index (χ1n) is 5.56. The number of fused-ring (bicyclic) bond motifs is 1. The van der Waals surface area contributed by atoms with Gasteiger partial charge in [-0.15, -0.1) is 19.0 Å². The molecule has 0 saturated heterocycles. The maximum absolute atomic E-state index is 5.99. The van der Waals surface area contributed by atoms with Crippen molar-refractivity contribution >= 4 is 23.8 Å². The summed E-state index contributed by atoms with van der Waals surface area (Å²) in [7, 11) is 0. The van der Waals surface area contributed by atoms with Gasteiger partial charge in [-0.2, -0.15) is 0 Å². The highest BCUT2D eigenvalue weighted by Crippen LogP contribution is 2.31. The number of hydrogen-bond acceptors (Lipinski definition) is 2. The second-order valence-corrected chi connectivity index (χ2v) is 4.01. The van der Waals surface area contributed by atoms with Gasteiger partial charge in [0.1, 0.15) is 0 Å². The van der Waals surface area contributed by atoms with Gasteiger partial charge in [0.15, 0.2) is 0 Å². The Labute approximate surface area is 104 Å². The van der Waals surface area contributed by atoms with E-state index in [2.05, 4.69) is 17.5 Å². The third-order valence-electron chi connectivity index (χ3n) is 2.99. The molecule has 1 heterocycles. The van der Waals surface area contributed by atoms with E-state index in [9.17, 15) is 0 Å². The quantitative estimate of drug-likeness (QED) is 0.648. The van der Waals surface area contributed by atoms with Gasteiger partial charge in [0.25, 0.3) is 0 Å². The van der Waals surface area contributed by atoms with Crippen molar-refractivity contribution in [3.63, 3.8) is 0 Å². The molecule has 0 saturated carbocycles. The summed E-state index contributed by atoms with van der Waals surface area (Å²) in [5, 5.41) is 0. The van der Waals surface area contributed by atoms with Crippen LogP contribution < -0.4 is 10.6 Å². The standard InChI is InChI=1S/C13H18N2.ClH/c1-2-3-9-15-10-5-6-11-12(14)7-4-8-13(11)15;/h2,4,7-8H,1,3,5-6,9-10,14H2;1H. The highest BCUT2D eigenvalue weighted by Gasteiger charge is 2.17. The van der Waals surface area contributed by atoms with E-state index < -0.39 is 0 Å². The first-order valence-corrected chi connectivity index (χ1v) is 5.56. The van der Waals surface area contributed by atoms with Crippen molar-refractivity contribution in [3.8, 4) is 0 Å². The fourth-order valence-electron chi connectivity index (χ4n) is 2.21. The smallest absolute Gasteiger partial charge is 0.0419 e. The predicted octanol–water partition coefficient (Wildman–Crippen LogP) is 3.02. The van der Waals surface area contributed by atoms with Crippen LogP contribution in [0.5, 0.6) is 0 Å². The first kappa shape index (κ1) is 12.9. The number of nitrogens with zero attached hydrogens (tertiary/aromatic N) is 1. The average molecular weight is 239 g/mol. The van der Waals surface area contributed by atoms with Crippen molar-refractivity contribution in [2.24, 2.45) is 0 Å². The van der Waals surface area contributed by atoms with Gasteiger partial charge >= 0.3 is 0 Å². The number of halogens is 1. The Morgan fingerprint density at radius 1 is 1.44 bits per heavy atom. The van der Waals surface area contributed by atoms with Gasteiger partial charge in [-0.3, -0.25) is 0 Å². The van der Waals surface area contributed by atoms with E-state index in [1.807, 2.05) is 18.2 Å². The van der Waals surface area contributed by atoms with E-state index >= 15 is 0 Å². The molecule has 0 fully saturated rings. The van der Waals surface area contributed by atoms with Crippen LogP contribution in [-0.2, 0) is 6.42 Å². The third-order valence-corrected chi connectivity index (χ3v) is 2.99. The molecule has 0 atom stereocenters. The maximum Gasteiger partial charge on any atom is 0.0419 e. The van der Waals surface area contributed by atoms with Crippen LogP contribution in [0, 0.1) is 0 Å². The third kappa shape index (κ3) is 2.50. The lowest BCUT2D eigenvalue weighted by Crippen LogP contribution is -2.30. The van der Waals surface area contributed by atoms with Crippen molar-refractivity contribution in [1.82, 2.24) is 0 Å². The largest absolute Gasteiger partial charge is 0.398 e. The summed E-state index contributed by atoms with van der Waals surface area (Å²) in [6, 6.07) is 6.21. The second kappa shape index (κ2) is 5.80. The molecule has 0 aliphatic carbocycles. The van der Waals surface area contributed by atoms with Crippen molar-refractivity contribution in [2.45, 2.75) is 19.3 Å². The lowest BCUT2D eigenvalue weighted by molar-refractivity contribution is 0.694. The average Bonchev–Trinajstić information content (AvgIpc) is 2.27. The number of benzene rings is 1. The molecule has 0 aromatic heterocycles. The number of nitrogen functional groups attached to an aromatic ring is 1. The lowest BCUT2D eigenvalue weighted by atomic mass is 10.00. The molecule has 88 valence electrons. The Morgan fingerprint density at radius 3 is 3.00 bits per heavy atom. The van der Waals surface area contributed by atoms with Gasteiger partial charge in [0.2, 0.25) is 0 Å². The molecular weight excluding hydrogens is 220 g/mol. The molecule has 2 N–H and O–H groups in total. The van der Waals surface area contributed by atoms with Gasteiger partial charge in [0, 0.05) is 24.5 Å². The molecule has 3 heteroatoms. The van der Waals surface area contributed by atoms with Gasteiger partial charge < -0.3 is 10.6 Å². The molecule has 0 radical (unpaired) electrons. The van der Waals surface area contributed by atoms with Gasteiger partial charge in [-0.1, -0.05) is 12.1 Å². The Hall–Kier alpha value is -1.15. The molecule has 0 spiro atoms. The van der Waals surface area contributed by atoms with Crippen LogP contribution in [0.4, 0.5) is 11.4 Å². The summed E-state index contributed by atoms with van der Waals surface area (Å²) in [5.41, 5.74) is 9.57. The zero-order valence-corrected chi connectivity index (χ0v) is 10.3. The molecule has 1 aliphatic rings. The van der Waals surface area contributed by atoms with Crippen LogP contribution in [-0.4, -0.2) is 13.1 Å². The van der Waals surface area contributed by atoms with E-state index in [0.717, 1.165) is 31.6 Å². The lowest BCUT2D eigenvalue weighted by Gasteiger charge is -2.31. The Morgan fingerprint density at radius 2 is 2.25 bits per heavy atom. The summed E-state index contributed by atoms with van der Waals surface area (Å²) in [5.74, 6) is 0. The minimum absolute atomic E-state index is 0. The predicted molar refractivity (Wildman–Crippen MR) is 73.5 cm³/mol. The summed E-state index contributed by atoms with van der Waals surface area (Å²) >= 11 is 0. The molecular formula is C13H19ClN2. The zero-order chi connectivity index (χ0) is 10.7. The van der Waals surface area contributed by atoms with Crippen LogP contribution >= 0.6 is 12.4 Å². The molecule has 0 amide bonds. The van der Waals surface area contributed by atoms with Crippen molar-refractivity contribution < 1.29 is 0 Å². The highest BCUT2D eigenvalue weighted by molar-refractivity contribution is 5.85. The molecule has 16 heavy (non-hydrogen) atoms. The van der Waals surface area contributed by atoms with E-state index in [4.69, 9.17) is 5.73 Å². The number of anilines is 2. The second-order valence-electron chi connectivity index (χ2n) is 4.01. The normalized spacial score (nSPS) is 13.9. The fraction of sp³-hybridized carbons (Fsp3) is 0.385. The Balaban J connectivity index is 0.00000128.